The van der Waals surface area contributed by atoms with Gasteiger partial charge in [0.1, 0.15) is 0 Å². The first-order chi connectivity index (χ1) is 7.63. The van der Waals surface area contributed by atoms with Gasteiger partial charge < -0.3 is 10.2 Å². The Bertz CT molecular complexity index is 223. The third-order valence-electron chi connectivity index (χ3n) is 3.13. The zero-order valence-corrected chi connectivity index (χ0v) is 12.7. The van der Waals surface area contributed by atoms with Gasteiger partial charge in [-0.05, 0) is 5.92 Å². The van der Waals surface area contributed by atoms with E-state index in [1.54, 1.807) is 0 Å². The molecule has 1 aliphatic heterocycles. The third kappa shape index (κ3) is 6.53. The lowest BCUT2D eigenvalue weighted by Gasteiger charge is -2.26. The lowest BCUT2D eigenvalue weighted by atomic mass is 10.1. The summed E-state index contributed by atoms with van der Waals surface area (Å²) in [4.78, 5) is 13.8. The molecule has 2 atom stereocenters. The lowest BCUT2D eigenvalue weighted by molar-refractivity contribution is -0.130. The Balaban J connectivity index is 0.00000256. The van der Waals surface area contributed by atoms with Crippen molar-refractivity contribution >= 4 is 30.1 Å². The molecule has 0 aromatic heterocycles. The van der Waals surface area contributed by atoms with Crippen LogP contribution in [0.15, 0.2) is 0 Å². The maximum Gasteiger partial charge on any atom is 0.223 e. The van der Waals surface area contributed by atoms with E-state index in [9.17, 15) is 4.79 Å². The predicted molar refractivity (Wildman–Crippen MR) is 78.1 cm³/mol. The van der Waals surface area contributed by atoms with E-state index >= 15 is 0 Å². The van der Waals surface area contributed by atoms with Crippen LogP contribution in [0.1, 0.15) is 26.7 Å². The number of hydrogen-bond donors (Lipinski definition) is 1. The van der Waals surface area contributed by atoms with E-state index in [0.717, 1.165) is 25.3 Å². The van der Waals surface area contributed by atoms with Crippen molar-refractivity contribution in [1.29, 1.82) is 0 Å². The van der Waals surface area contributed by atoms with E-state index in [1.165, 1.54) is 5.75 Å². The van der Waals surface area contributed by atoms with Crippen LogP contribution >= 0.6 is 24.2 Å². The molecule has 17 heavy (non-hydrogen) atoms. The number of halogens is 1. The highest BCUT2D eigenvalue weighted by Crippen LogP contribution is 2.12. The quantitative estimate of drug-likeness (QED) is 0.836. The number of carbonyl (C=O) groups excluding carboxylic acids is 1. The maximum atomic E-state index is 11.9. The van der Waals surface area contributed by atoms with Crippen molar-refractivity contribution in [1.82, 2.24) is 10.2 Å². The lowest BCUT2D eigenvalue weighted by Crippen LogP contribution is -2.42. The molecule has 5 heteroatoms. The molecular formula is C12H25ClN2OS. The minimum atomic E-state index is 0. The number of thioether (sulfide) groups is 1. The van der Waals surface area contributed by atoms with Gasteiger partial charge in [0.05, 0.1) is 0 Å². The van der Waals surface area contributed by atoms with E-state index in [1.807, 2.05) is 23.7 Å². The van der Waals surface area contributed by atoms with Crippen LogP contribution < -0.4 is 5.32 Å². The fourth-order valence-corrected chi connectivity index (χ4v) is 2.76. The Kier molecular flexibility index (Phi) is 9.10. The fourth-order valence-electron chi connectivity index (χ4n) is 1.82. The van der Waals surface area contributed by atoms with Crippen molar-refractivity contribution in [3.63, 3.8) is 0 Å². The summed E-state index contributed by atoms with van der Waals surface area (Å²) in [5.41, 5.74) is 0. The van der Waals surface area contributed by atoms with E-state index in [-0.39, 0.29) is 18.3 Å². The average molecular weight is 281 g/mol. The molecule has 1 fully saturated rings. The van der Waals surface area contributed by atoms with Crippen LogP contribution in [-0.2, 0) is 4.79 Å². The summed E-state index contributed by atoms with van der Waals surface area (Å²) in [6.45, 7) is 6.29. The SMILES string of the molecule is CCC(C)CN(C)C(=O)CC1CSCCN1.Cl. The number of amides is 1. The minimum absolute atomic E-state index is 0. The molecule has 0 radical (unpaired) electrons. The molecule has 0 saturated carbocycles. The average Bonchev–Trinajstić information content (AvgIpc) is 2.30. The van der Waals surface area contributed by atoms with Gasteiger partial charge in [-0.1, -0.05) is 20.3 Å². The Morgan fingerprint density at radius 1 is 1.59 bits per heavy atom. The first-order valence-corrected chi connectivity index (χ1v) is 7.34. The van der Waals surface area contributed by atoms with E-state index < -0.39 is 0 Å². The second kappa shape index (κ2) is 9.06. The van der Waals surface area contributed by atoms with Gasteiger partial charge in [0.15, 0.2) is 0 Å². The Hall–Kier alpha value is 0.0700. The van der Waals surface area contributed by atoms with Crippen molar-refractivity contribution < 1.29 is 4.79 Å². The Morgan fingerprint density at radius 3 is 2.82 bits per heavy atom. The van der Waals surface area contributed by atoms with Gasteiger partial charge in [-0.2, -0.15) is 11.8 Å². The summed E-state index contributed by atoms with van der Waals surface area (Å²) < 4.78 is 0. The molecule has 0 bridgehead atoms. The summed E-state index contributed by atoms with van der Waals surface area (Å²) in [5, 5.41) is 3.40. The molecule has 0 spiro atoms. The van der Waals surface area contributed by atoms with Crippen LogP contribution in [0.4, 0.5) is 0 Å². The monoisotopic (exact) mass is 280 g/mol. The molecular weight excluding hydrogens is 256 g/mol. The predicted octanol–water partition coefficient (Wildman–Crippen LogP) is 2.01. The third-order valence-corrected chi connectivity index (χ3v) is 4.26. The fraction of sp³-hybridized carbons (Fsp3) is 0.917. The zero-order valence-electron chi connectivity index (χ0n) is 11.1. The molecule has 0 aromatic carbocycles. The van der Waals surface area contributed by atoms with Crippen molar-refractivity contribution in [2.24, 2.45) is 5.92 Å². The van der Waals surface area contributed by atoms with Gasteiger partial charge in [-0.3, -0.25) is 4.79 Å². The molecule has 1 saturated heterocycles. The molecule has 1 aliphatic rings. The topological polar surface area (TPSA) is 32.3 Å². The second-order valence-corrected chi connectivity index (χ2v) is 5.87. The number of hydrogen-bond acceptors (Lipinski definition) is 3. The maximum absolute atomic E-state index is 11.9. The highest BCUT2D eigenvalue weighted by atomic mass is 35.5. The van der Waals surface area contributed by atoms with Gasteiger partial charge in [-0.15, -0.1) is 12.4 Å². The van der Waals surface area contributed by atoms with Gasteiger partial charge in [-0.25, -0.2) is 0 Å². The number of rotatable bonds is 5. The van der Waals surface area contributed by atoms with Crippen molar-refractivity contribution in [2.75, 3.05) is 31.6 Å². The summed E-state index contributed by atoms with van der Waals surface area (Å²) >= 11 is 1.94. The zero-order chi connectivity index (χ0) is 12.0. The molecule has 1 rings (SSSR count). The Morgan fingerprint density at radius 2 is 2.29 bits per heavy atom. The molecule has 0 aliphatic carbocycles. The smallest absolute Gasteiger partial charge is 0.223 e. The molecule has 1 amide bonds. The molecule has 1 N–H and O–H groups in total. The molecule has 3 nitrogen and oxygen atoms in total. The number of nitrogens with zero attached hydrogens (tertiary/aromatic N) is 1. The number of nitrogens with one attached hydrogen (secondary N) is 1. The van der Waals surface area contributed by atoms with E-state index in [0.29, 0.717) is 18.4 Å². The van der Waals surface area contributed by atoms with Crippen LogP contribution in [0.3, 0.4) is 0 Å². The van der Waals surface area contributed by atoms with Gasteiger partial charge >= 0.3 is 0 Å². The van der Waals surface area contributed by atoms with Crippen LogP contribution in [0, 0.1) is 5.92 Å². The molecule has 0 aromatic rings. The van der Waals surface area contributed by atoms with Gasteiger partial charge in [0.2, 0.25) is 5.91 Å². The molecule has 102 valence electrons. The normalized spacial score (nSPS) is 21.5. The van der Waals surface area contributed by atoms with Crippen LogP contribution in [0.5, 0.6) is 0 Å². The standard InChI is InChI=1S/C12H24N2OS.ClH/c1-4-10(2)8-14(3)12(15)7-11-9-16-6-5-13-11;/h10-11,13H,4-9H2,1-3H3;1H. The summed E-state index contributed by atoms with van der Waals surface area (Å²) in [5.74, 6) is 3.12. The highest BCUT2D eigenvalue weighted by molar-refractivity contribution is 7.99. The molecule has 2 unspecified atom stereocenters. The Labute approximate surface area is 115 Å². The second-order valence-electron chi connectivity index (χ2n) is 4.72. The number of carbonyl (C=O) groups is 1. The first kappa shape index (κ1) is 17.1. The minimum Gasteiger partial charge on any atom is -0.345 e. The summed E-state index contributed by atoms with van der Waals surface area (Å²) in [7, 11) is 1.92. The highest BCUT2D eigenvalue weighted by Gasteiger charge is 2.19. The van der Waals surface area contributed by atoms with Crippen LogP contribution in [0.25, 0.3) is 0 Å². The first-order valence-electron chi connectivity index (χ1n) is 6.18. The van der Waals surface area contributed by atoms with Crippen LogP contribution in [0.2, 0.25) is 0 Å². The van der Waals surface area contributed by atoms with Gasteiger partial charge in [0.25, 0.3) is 0 Å². The van der Waals surface area contributed by atoms with E-state index in [4.69, 9.17) is 0 Å². The van der Waals surface area contributed by atoms with Crippen molar-refractivity contribution in [3.8, 4) is 0 Å². The van der Waals surface area contributed by atoms with E-state index in [2.05, 4.69) is 19.2 Å². The largest absolute Gasteiger partial charge is 0.345 e. The van der Waals surface area contributed by atoms with Gasteiger partial charge in [0, 0.05) is 44.1 Å². The van der Waals surface area contributed by atoms with Crippen molar-refractivity contribution in [2.45, 2.75) is 32.7 Å². The van der Waals surface area contributed by atoms with Crippen LogP contribution in [-0.4, -0.2) is 48.5 Å². The summed E-state index contributed by atoms with van der Waals surface area (Å²) in [6, 6.07) is 0.380. The van der Waals surface area contributed by atoms with Crippen molar-refractivity contribution in [3.05, 3.63) is 0 Å². The summed E-state index contributed by atoms with van der Waals surface area (Å²) in [6.07, 6.45) is 1.79. The molecule has 1 heterocycles.